The number of urea groups is 1. The molecule has 132 valence electrons. The van der Waals surface area contributed by atoms with E-state index in [9.17, 15) is 18.0 Å². The van der Waals surface area contributed by atoms with Crippen molar-refractivity contribution in [2.75, 3.05) is 30.0 Å². The highest BCUT2D eigenvalue weighted by Gasteiger charge is 2.28. The van der Waals surface area contributed by atoms with Crippen LogP contribution in [0.2, 0.25) is 0 Å². The van der Waals surface area contributed by atoms with Gasteiger partial charge < -0.3 is 20.7 Å². The molecule has 1 unspecified atom stereocenters. The van der Waals surface area contributed by atoms with Crippen LogP contribution in [0, 0.1) is 0 Å². The van der Waals surface area contributed by atoms with Gasteiger partial charge in [-0.25, -0.2) is 13.2 Å². The second-order valence-electron chi connectivity index (χ2n) is 5.56. The average Bonchev–Trinajstić information content (AvgIpc) is 2.82. The number of anilines is 1. The molecule has 1 saturated heterocycles. The minimum absolute atomic E-state index is 0.00708. The molecule has 3 amide bonds. The fraction of sp³-hybridized carbons (Fsp3) is 0.467. The first kappa shape index (κ1) is 18.1. The van der Waals surface area contributed by atoms with Gasteiger partial charge >= 0.3 is 6.03 Å². The van der Waals surface area contributed by atoms with Crippen LogP contribution in [-0.4, -0.2) is 51.1 Å². The number of hydrogen-bond acceptors (Lipinski definition) is 5. The van der Waals surface area contributed by atoms with E-state index in [0.29, 0.717) is 17.9 Å². The topological polar surface area (TPSA) is 114 Å². The predicted octanol–water partition coefficient (Wildman–Crippen LogP) is 0.510. The van der Waals surface area contributed by atoms with E-state index in [1.165, 1.54) is 6.92 Å². The highest BCUT2D eigenvalue weighted by molar-refractivity contribution is 7.91. The first-order valence-electron chi connectivity index (χ1n) is 7.59. The summed E-state index contributed by atoms with van der Waals surface area (Å²) in [5.74, 6) is 0.517. The van der Waals surface area contributed by atoms with E-state index in [2.05, 4.69) is 16.0 Å². The molecule has 0 spiro atoms. The van der Waals surface area contributed by atoms with Crippen LogP contribution in [0.25, 0.3) is 0 Å². The van der Waals surface area contributed by atoms with Crippen LogP contribution in [0.5, 0.6) is 5.75 Å². The number of nitrogens with one attached hydrogen (secondary N) is 3. The highest BCUT2D eigenvalue weighted by Crippen LogP contribution is 2.17. The molecule has 0 bridgehead atoms. The van der Waals surface area contributed by atoms with Crippen molar-refractivity contribution in [3.05, 3.63) is 24.3 Å². The summed E-state index contributed by atoms with van der Waals surface area (Å²) in [7, 11) is -3.01. The first-order valence-corrected chi connectivity index (χ1v) is 9.41. The molecule has 1 fully saturated rings. The van der Waals surface area contributed by atoms with E-state index < -0.39 is 15.9 Å². The SMILES string of the molecule is CC(=O)Nc1cccc(OCCNC(=O)NC2CCS(=O)(=O)C2)c1. The molecule has 9 heteroatoms. The fourth-order valence-electron chi connectivity index (χ4n) is 2.35. The van der Waals surface area contributed by atoms with Gasteiger partial charge in [0, 0.05) is 24.7 Å². The molecule has 1 aliphatic heterocycles. The van der Waals surface area contributed by atoms with Gasteiger partial charge in [-0.3, -0.25) is 4.79 Å². The van der Waals surface area contributed by atoms with Gasteiger partial charge in [-0.05, 0) is 18.6 Å². The van der Waals surface area contributed by atoms with Crippen molar-refractivity contribution in [1.29, 1.82) is 0 Å². The van der Waals surface area contributed by atoms with Crippen molar-refractivity contribution in [3.8, 4) is 5.75 Å². The second-order valence-corrected chi connectivity index (χ2v) is 7.79. The summed E-state index contributed by atoms with van der Waals surface area (Å²) in [4.78, 5) is 22.7. The molecule has 1 aliphatic rings. The Morgan fingerprint density at radius 1 is 1.33 bits per heavy atom. The van der Waals surface area contributed by atoms with Crippen LogP contribution in [0.15, 0.2) is 24.3 Å². The number of amides is 3. The Morgan fingerprint density at radius 2 is 2.12 bits per heavy atom. The van der Waals surface area contributed by atoms with E-state index in [1.807, 2.05) is 0 Å². The Hall–Kier alpha value is -2.29. The maximum atomic E-state index is 11.7. The van der Waals surface area contributed by atoms with Crippen molar-refractivity contribution >= 4 is 27.5 Å². The molecular weight excluding hydrogens is 334 g/mol. The van der Waals surface area contributed by atoms with Gasteiger partial charge in [0.15, 0.2) is 9.84 Å². The number of sulfone groups is 1. The van der Waals surface area contributed by atoms with Gasteiger partial charge in [-0.1, -0.05) is 6.07 Å². The summed E-state index contributed by atoms with van der Waals surface area (Å²) in [5.41, 5.74) is 0.633. The number of ether oxygens (including phenoxy) is 1. The van der Waals surface area contributed by atoms with E-state index in [-0.39, 0.29) is 36.6 Å². The van der Waals surface area contributed by atoms with Crippen LogP contribution in [0.1, 0.15) is 13.3 Å². The monoisotopic (exact) mass is 355 g/mol. The van der Waals surface area contributed by atoms with Crippen LogP contribution >= 0.6 is 0 Å². The van der Waals surface area contributed by atoms with Gasteiger partial charge in [0.05, 0.1) is 18.1 Å². The Kier molecular flexibility index (Phi) is 6.02. The normalized spacial score (nSPS) is 18.6. The van der Waals surface area contributed by atoms with E-state index in [1.54, 1.807) is 24.3 Å². The number of rotatable bonds is 6. The molecule has 24 heavy (non-hydrogen) atoms. The second kappa shape index (κ2) is 8.00. The van der Waals surface area contributed by atoms with Crippen LogP contribution < -0.4 is 20.7 Å². The predicted molar refractivity (Wildman–Crippen MR) is 89.8 cm³/mol. The minimum atomic E-state index is -3.01. The van der Waals surface area contributed by atoms with Gasteiger partial charge in [-0.2, -0.15) is 0 Å². The van der Waals surface area contributed by atoms with Crippen molar-refractivity contribution in [2.45, 2.75) is 19.4 Å². The molecule has 0 aromatic heterocycles. The van der Waals surface area contributed by atoms with Crippen LogP contribution in [0.3, 0.4) is 0 Å². The van der Waals surface area contributed by atoms with E-state index in [4.69, 9.17) is 4.74 Å². The van der Waals surface area contributed by atoms with Gasteiger partial charge in [0.2, 0.25) is 5.91 Å². The van der Waals surface area contributed by atoms with Crippen molar-refractivity contribution in [3.63, 3.8) is 0 Å². The molecular formula is C15H21N3O5S. The zero-order chi connectivity index (χ0) is 17.6. The molecule has 3 N–H and O–H groups in total. The van der Waals surface area contributed by atoms with Gasteiger partial charge in [0.25, 0.3) is 0 Å². The number of hydrogen-bond donors (Lipinski definition) is 3. The van der Waals surface area contributed by atoms with Crippen molar-refractivity contribution in [2.24, 2.45) is 0 Å². The van der Waals surface area contributed by atoms with Gasteiger partial charge in [-0.15, -0.1) is 0 Å². The maximum Gasteiger partial charge on any atom is 0.315 e. The lowest BCUT2D eigenvalue weighted by atomic mass is 10.3. The third kappa shape index (κ3) is 6.07. The third-order valence-electron chi connectivity index (χ3n) is 3.38. The Labute approximate surface area is 140 Å². The maximum absolute atomic E-state index is 11.7. The zero-order valence-electron chi connectivity index (χ0n) is 13.4. The number of benzene rings is 1. The Balaban J connectivity index is 1.67. The van der Waals surface area contributed by atoms with E-state index >= 15 is 0 Å². The lowest BCUT2D eigenvalue weighted by Crippen LogP contribution is -2.43. The molecule has 1 atom stereocenters. The standard InChI is InChI=1S/C15H21N3O5S/c1-11(19)17-12-3-2-4-14(9-12)23-7-6-16-15(20)18-13-5-8-24(21,22)10-13/h2-4,9,13H,5-8,10H2,1H3,(H,17,19)(H2,16,18,20). The summed E-state index contributed by atoms with van der Waals surface area (Å²) >= 11 is 0. The summed E-state index contributed by atoms with van der Waals surface area (Å²) in [6.07, 6.45) is 0.447. The summed E-state index contributed by atoms with van der Waals surface area (Å²) in [5, 5.41) is 7.90. The first-order chi connectivity index (χ1) is 11.3. The quantitative estimate of drug-likeness (QED) is 0.644. The van der Waals surface area contributed by atoms with E-state index in [0.717, 1.165) is 0 Å². The Bertz CT molecular complexity index is 705. The average molecular weight is 355 g/mol. The molecule has 0 saturated carbocycles. The zero-order valence-corrected chi connectivity index (χ0v) is 14.2. The van der Waals surface area contributed by atoms with Crippen LogP contribution in [0.4, 0.5) is 10.5 Å². The summed E-state index contributed by atoms with van der Waals surface area (Å²) in [6, 6.07) is 6.19. The fourth-order valence-corrected chi connectivity index (χ4v) is 4.02. The highest BCUT2D eigenvalue weighted by atomic mass is 32.2. The van der Waals surface area contributed by atoms with Crippen molar-refractivity contribution < 1.29 is 22.7 Å². The lowest BCUT2D eigenvalue weighted by Gasteiger charge is -2.13. The van der Waals surface area contributed by atoms with Crippen molar-refractivity contribution in [1.82, 2.24) is 10.6 Å². The molecule has 0 aliphatic carbocycles. The molecule has 0 radical (unpaired) electrons. The minimum Gasteiger partial charge on any atom is -0.492 e. The summed E-state index contributed by atoms with van der Waals surface area (Å²) < 4.78 is 28.1. The third-order valence-corrected chi connectivity index (χ3v) is 5.15. The largest absolute Gasteiger partial charge is 0.492 e. The molecule has 1 aromatic carbocycles. The number of carbonyl (C=O) groups excluding carboxylic acids is 2. The smallest absolute Gasteiger partial charge is 0.315 e. The van der Waals surface area contributed by atoms with Crippen LogP contribution in [-0.2, 0) is 14.6 Å². The summed E-state index contributed by atoms with van der Waals surface area (Å²) in [6.45, 7) is 1.95. The van der Waals surface area contributed by atoms with Gasteiger partial charge in [0.1, 0.15) is 12.4 Å². The Morgan fingerprint density at radius 3 is 2.79 bits per heavy atom. The lowest BCUT2D eigenvalue weighted by molar-refractivity contribution is -0.114. The molecule has 8 nitrogen and oxygen atoms in total. The number of carbonyl (C=O) groups is 2. The molecule has 2 rings (SSSR count). The molecule has 1 aromatic rings. The molecule has 1 heterocycles.